The van der Waals surface area contributed by atoms with Crippen LogP contribution in [0.15, 0.2) is 70.7 Å². The highest BCUT2D eigenvalue weighted by Gasteiger charge is 2.07. The summed E-state index contributed by atoms with van der Waals surface area (Å²) in [5, 5.41) is 2.41. The van der Waals surface area contributed by atoms with Crippen LogP contribution in [0.1, 0.15) is 18.4 Å². The Labute approximate surface area is 118 Å². The summed E-state index contributed by atoms with van der Waals surface area (Å²) in [5.74, 6) is 0. The van der Waals surface area contributed by atoms with Crippen LogP contribution in [0.25, 0.3) is 21.9 Å². The van der Waals surface area contributed by atoms with Gasteiger partial charge in [0, 0.05) is 10.8 Å². The SMILES string of the molecule is C1=CC(Cc2ccc3c(c2)oc2ccccc23)=CCC1. The molecular formula is C19H16O. The Balaban J connectivity index is 1.77. The number of benzene rings is 2. The second kappa shape index (κ2) is 4.68. The molecule has 1 nitrogen and oxygen atoms in total. The van der Waals surface area contributed by atoms with E-state index in [4.69, 9.17) is 4.42 Å². The van der Waals surface area contributed by atoms with Crippen molar-refractivity contribution in [3.8, 4) is 0 Å². The number of allylic oxidation sites excluding steroid dienone is 4. The number of para-hydroxylation sites is 1. The van der Waals surface area contributed by atoms with E-state index >= 15 is 0 Å². The van der Waals surface area contributed by atoms with E-state index in [2.05, 4.69) is 48.6 Å². The van der Waals surface area contributed by atoms with Gasteiger partial charge in [0.1, 0.15) is 11.2 Å². The van der Waals surface area contributed by atoms with Gasteiger partial charge in [-0.05, 0) is 42.5 Å². The molecule has 0 spiro atoms. The maximum absolute atomic E-state index is 5.94. The standard InChI is InChI=1S/C19H16O/c1-2-6-14(7-3-1)12-15-10-11-17-16-8-4-5-9-18(16)20-19(17)13-15/h2,4-11,13H,1,3,12H2. The van der Waals surface area contributed by atoms with Gasteiger partial charge in [-0.2, -0.15) is 0 Å². The third kappa shape index (κ3) is 1.96. The summed E-state index contributed by atoms with van der Waals surface area (Å²) in [6, 6.07) is 14.8. The molecule has 0 N–H and O–H groups in total. The molecule has 1 heterocycles. The minimum atomic E-state index is 0.969. The van der Waals surface area contributed by atoms with Crippen molar-refractivity contribution in [2.75, 3.05) is 0 Å². The Morgan fingerprint density at radius 2 is 1.80 bits per heavy atom. The van der Waals surface area contributed by atoms with Crippen LogP contribution in [-0.2, 0) is 6.42 Å². The predicted molar refractivity (Wildman–Crippen MR) is 83.9 cm³/mol. The van der Waals surface area contributed by atoms with Crippen molar-refractivity contribution in [3.05, 3.63) is 71.8 Å². The minimum absolute atomic E-state index is 0.969. The molecular weight excluding hydrogens is 244 g/mol. The van der Waals surface area contributed by atoms with Gasteiger partial charge in [-0.15, -0.1) is 0 Å². The van der Waals surface area contributed by atoms with E-state index in [-0.39, 0.29) is 0 Å². The van der Waals surface area contributed by atoms with E-state index in [1.54, 1.807) is 0 Å². The first-order valence-corrected chi connectivity index (χ1v) is 7.16. The third-order valence-electron chi connectivity index (χ3n) is 3.92. The van der Waals surface area contributed by atoms with Crippen LogP contribution in [0.3, 0.4) is 0 Å². The van der Waals surface area contributed by atoms with Gasteiger partial charge in [0.2, 0.25) is 0 Å². The smallest absolute Gasteiger partial charge is 0.135 e. The lowest BCUT2D eigenvalue weighted by molar-refractivity contribution is 0.668. The Hall–Kier alpha value is -2.28. The minimum Gasteiger partial charge on any atom is -0.456 e. The molecule has 2 aromatic carbocycles. The van der Waals surface area contributed by atoms with E-state index in [1.165, 1.54) is 34.8 Å². The molecule has 20 heavy (non-hydrogen) atoms. The molecule has 1 aromatic heterocycles. The highest BCUT2D eigenvalue weighted by Crippen LogP contribution is 2.29. The van der Waals surface area contributed by atoms with Gasteiger partial charge in [-0.3, -0.25) is 0 Å². The summed E-state index contributed by atoms with van der Waals surface area (Å²) in [6.45, 7) is 0. The third-order valence-corrected chi connectivity index (χ3v) is 3.92. The first kappa shape index (κ1) is 11.5. The Morgan fingerprint density at radius 1 is 0.900 bits per heavy atom. The van der Waals surface area contributed by atoms with E-state index in [1.807, 2.05) is 12.1 Å². The van der Waals surface area contributed by atoms with Gasteiger partial charge in [0.15, 0.2) is 0 Å². The summed E-state index contributed by atoms with van der Waals surface area (Å²) < 4.78 is 5.94. The molecule has 0 unspecified atom stereocenters. The predicted octanol–water partition coefficient (Wildman–Crippen LogP) is 5.40. The molecule has 3 aromatic rings. The number of furan rings is 1. The van der Waals surface area contributed by atoms with Crippen molar-refractivity contribution in [2.24, 2.45) is 0 Å². The molecule has 0 atom stereocenters. The maximum atomic E-state index is 5.94. The van der Waals surface area contributed by atoms with Crippen molar-refractivity contribution >= 4 is 21.9 Å². The number of hydrogen-bond donors (Lipinski definition) is 0. The molecule has 1 aliphatic carbocycles. The number of fused-ring (bicyclic) bond motifs is 3. The average molecular weight is 260 g/mol. The van der Waals surface area contributed by atoms with Gasteiger partial charge in [0.05, 0.1) is 0 Å². The second-order valence-electron chi connectivity index (χ2n) is 5.36. The average Bonchev–Trinajstić information content (AvgIpc) is 2.86. The largest absolute Gasteiger partial charge is 0.456 e. The lowest BCUT2D eigenvalue weighted by atomic mass is 9.99. The van der Waals surface area contributed by atoms with Crippen molar-refractivity contribution in [3.63, 3.8) is 0 Å². The molecule has 0 fully saturated rings. The molecule has 0 saturated carbocycles. The Morgan fingerprint density at radius 3 is 2.70 bits per heavy atom. The zero-order valence-electron chi connectivity index (χ0n) is 11.3. The summed E-state index contributed by atoms with van der Waals surface area (Å²) in [7, 11) is 0. The highest BCUT2D eigenvalue weighted by molar-refractivity contribution is 6.04. The molecule has 0 bridgehead atoms. The normalized spacial score (nSPS) is 14.9. The second-order valence-corrected chi connectivity index (χ2v) is 5.36. The quantitative estimate of drug-likeness (QED) is 0.601. The van der Waals surface area contributed by atoms with Crippen molar-refractivity contribution in [1.29, 1.82) is 0 Å². The van der Waals surface area contributed by atoms with Crippen molar-refractivity contribution in [2.45, 2.75) is 19.3 Å². The lowest BCUT2D eigenvalue weighted by Crippen LogP contribution is -1.91. The van der Waals surface area contributed by atoms with Crippen LogP contribution >= 0.6 is 0 Å². The van der Waals surface area contributed by atoms with Gasteiger partial charge >= 0.3 is 0 Å². The van der Waals surface area contributed by atoms with Crippen LogP contribution in [0, 0.1) is 0 Å². The van der Waals surface area contributed by atoms with Crippen LogP contribution in [0.4, 0.5) is 0 Å². The zero-order chi connectivity index (χ0) is 13.4. The van der Waals surface area contributed by atoms with E-state index in [0.29, 0.717) is 0 Å². The lowest BCUT2D eigenvalue weighted by Gasteiger charge is -2.06. The Kier molecular flexibility index (Phi) is 2.70. The fraction of sp³-hybridized carbons (Fsp3) is 0.158. The first-order chi connectivity index (χ1) is 9.90. The highest BCUT2D eigenvalue weighted by atomic mass is 16.3. The monoisotopic (exact) mass is 260 g/mol. The van der Waals surface area contributed by atoms with Gasteiger partial charge < -0.3 is 4.42 Å². The molecule has 0 saturated heterocycles. The number of rotatable bonds is 2. The van der Waals surface area contributed by atoms with Crippen LogP contribution in [0.5, 0.6) is 0 Å². The van der Waals surface area contributed by atoms with Crippen molar-refractivity contribution < 1.29 is 4.42 Å². The molecule has 1 heteroatoms. The van der Waals surface area contributed by atoms with Gasteiger partial charge in [-0.25, -0.2) is 0 Å². The zero-order valence-corrected chi connectivity index (χ0v) is 11.3. The topological polar surface area (TPSA) is 13.1 Å². The fourth-order valence-corrected chi connectivity index (χ4v) is 2.91. The van der Waals surface area contributed by atoms with Gasteiger partial charge in [0.25, 0.3) is 0 Å². The summed E-state index contributed by atoms with van der Waals surface area (Å²) in [5.41, 5.74) is 4.68. The molecule has 0 radical (unpaired) electrons. The molecule has 98 valence electrons. The summed E-state index contributed by atoms with van der Waals surface area (Å²) in [6.07, 6.45) is 10.2. The first-order valence-electron chi connectivity index (χ1n) is 7.16. The molecule has 4 rings (SSSR count). The van der Waals surface area contributed by atoms with E-state index in [9.17, 15) is 0 Å². The van der Waals surface area contributed by atoms with E-state index < -0.39 is 0 Å². The van der Waals surface area contributed by atoms with Crippen molar-refractivity contribution in [1.82, 2.24) is 0 Å². The molecule has 0 aliphatic heterocycles. The van der Waals surface area contributed by atoms with Crippen LogP contribution < -0.4 is 0 Å². The molecule has 0 amide bonds. The van der Waals surface area contributed by atoms with Crippen LogP contribution in [0.2, 0.25) is 0 Å². The van der Waals surface area contributed by atoms with Crippen LogP contribution in [-0.4, -0.2) is 0 Å². The summed E-state index contributed by atoms with van der Waals surface area (Å²) >= 11 is 0. The summed E-state index contributed by atoms with van der Waals surface area (Å²) in [4.78, 5) is 0. The molecule has 1 aliphatic rings. The van der Waals surface area contributed by atoms with Gasteiger partial charge in [-0.1, -0.05) is 48.6 Å². The van der Waals surface area contributed by atoms with E-state index in [0.717, 1.165) is 17.6 Å². The maximum Gasteiger partial charge on any atom is 0.135 e. The Bertz CT molecular complexity index is 833. The number of hydrogen-bond acceptors (Lipinski definition) is 1. The fourth-order valence-electron chi connectivity index (χ4n) is 2.91.